The van der Waals surface area contributed by atoms with Crippen LogP contribution in [0.5, 0.6) is 0 Å². The van der Waals surface area contributed by atoms with Crippen LogP contribution < -0.4 is 4.57 Å². The molecule has 0 saturated carbocycles. The number of aryl methyl sites for hydroxylation is 1. The molecule has 0 aliphatic heterocycles. The van der Waals surface area contributed by atoms with Crippen LogP contribution in [0, 0.1) is 5.92 Å². The summed E-state index contributed by atoms with van der Waals surface area (Å²) in [5.41, 5.74) is 0. The highest BCUT2D eigenvalue weighted by Gasteiger charge is 2.16. The van der Waals surface area contributed by atoms with E-state index in [0.29, 0.717) is 6.04 Å². The van der Waals surface area contributed by atoms with E-state index in [-0.39, 0.29) is 0 Å². The third-order valence-corrected chi connectivity index (χ3v) is 7.94. The monoisotopic (exact) mass is 490 g/mol. The van der Waals surface area contributed by atoms with Crippen molar-refractivity contribution in [3.63, 3.8) is 0 Å². The molecule has 0 bridgehead atoms. The van der Waals surface area contributed by atoms with Gasteiger partial charge in [-0.2, -0.15) is 0 Å². The fourth-order valence-corrected chi connectivity index (χ4v) is 5.49. The number of hydrogen-bond acceptors (Lipinski definition) is 0. The SMILES string of the molecule is CCCCCCCCCCCCCC(C)[n+]1cc[nH]c1CCCCCCCCCCCCC(C)C. The molecule has 0 saturated heterocycles. The molecule has 2 nitrogen and oxygen atoms in total. The summed E-state index contributed by atoms with van der Waals surface area (Å²) < 4.78 is 2.52. The maximum atomic E-state index is 3.53. The van der Waals surface area contributed by atoms with Crippen molar-refractivity contribution in [1.82, 2.24) is 4.98 Å². The van der Waals surface area contributed by atoms with Crippen LogP contribution in [0.25, 0.3) is 0 Å². The molecule has 0 spiro atoms. The third-order valence-electron chi connectivity index (χ3n) is 7.94. The van der Waals surface area contributed by atoms with E-state index in [1.165, 1.54) is 160 Å². The van der Waals surface area contributed by atoms with Crippen molar-refractivity contribution < 1.29 is 4.57 Å². The van der Waals surface area contributed by atoms with E-state index in [1.54, 1.807) is 0 Å². The topological polar surface area (TPSA) is 19.7 Å². The average molecular weight is 490 g/mol. The minimum Gasteiger partial charge on any atom is -0.248 e. The zero-order valence-electron chi connectivity index (χ0n) is 24.7. The van der Waals surface area contributed by atoms with Gasteiger partial charge in [0.1, 0.15) is 12.4 Å². The van der Waals surface area contributed by atoms with Gasteiger partial charge in [0.15, 0.2) is 0 Å². The number of nitrogens with zero attached hydrogens (tertiary/aromatic N) is 1. The van der Waals surface area contributed by atoms with Crippen molar-refractivity contribution in [3.05, 3.63) is 18.2 Å². The molecule has 1 N–H and O–H groups in total. The molecule has 35 heavy (non-hydrogen) atoms. The van der Waals surface area contributed by atoms with E-state index in [9.17, 15) is 0 Å². The second-order valence-corrected chi connectivity index (χ2v) is 12.0. The van der Waals surface area contributed by atoms with Crippen LogP contribution in [0.2, 0.25) is 0 Å². The first-order chi connectivity index (χ1) is 17.1. The van der Waals surface area contributed by atoms with Gasteiger partial charge < -0.3 is 0 Å². The Hall–Kier alpha value is -0.790. The molecule has 1 rings (SSSR count). The lowest BCUT2D eigenvalue weighted by Crippen LogP contribution is -2.39. The number of H-pyrrole nitrogens is 1. The Morgan fingerprint density at radius 3 is 1.49 bits per heavy atom. The average Bonchev–Trinajstić information content (AvgIpc) is 3.31. The summed E-state index contributed by atoms with van der Waals surface area (Å²) in [4.78, 5) is 3.53. The Kier molecular flexibility index (Phi) is 21.7. The van der Waals surface area contributed by atoms with E-state index in [2.05, 4.69) is 49.6 Å². The first kappa shape index (κ1) is 32.2. The molecule has 1 aromatic heterocycles. The normalized spacial score (nSPS) is 12.6. The summed E-state index contributed by atoms with van der Waals surface area (Å²) in [6.07, 6.45) is 38.4. The fourth-order valence-electron chi connectivity index (χ4n) is 5.49. The molecule has 1 aromatic rings. The third kappa shape index (κ3) is 19.0. The van der Waals surface area contributed by atoms with E-state index in [4.69, 9.17) is 0 Å². The second-order valence-electron chi connectivity index (χ2n) is 12.0. The van der Waals surface area contributed by atoms with Crippen LogP contribution >= 0.6 is 0 Å². The van der Waals surface area contributed by atoms with Gasteiger partial charge in [-0.1, -0.05) is 149 Å². The Bertz CT molecular complexity index is 547. The van der Waals surface area contributed by atoms with Gasteiger partial charge in [-0.15, -0.1) is 0 Å². The number of unbranched alkanes of at least 4 members (excludes halogenated alkanes) is 19. The maximum absolute atomic E-state index is 3.53. The zero-order chi connectivity index (χ0) is 25.4. The smallest absolute Gasteiger partial charge is 0.248 e. The second kappa shape index (κ2) is 23.6. The largest absolute Gasteiger partial charge is 0.254 e. The van der Waals surface area contributed by atoms with Crippen molar-refractivity contribution in [3.8, 4) is 0 Å². The Labute approximate surface area is 221 Å². The predicted molar refractivity (Wildman–Crippen MR) is 156 cm³/mol. The van der Waals surface area contributed by atoms with Crippen molar-refractivity contribution in [2.75, 3.05) is 0 Å². The van der Waals surface area contributed by atoms with Crippen LogP contribution in [0.1, 0.15) is 187 Å². The summed E-state index contributed by atoms with van der Waals surface area (Å²) in [6, 6.07) is 0.635. The highest BCUT2D eigenvalue weighted by atomic mass is 15.1. The molecular formula is C33H65N2+. The highest BCUT2D eigenvalue weighted by Crippen LogP contribution is 2.16. The fraction of sp³-hybridized carbons (Fsp3) is 0.909. The first-order valence-corrected chi connectivity index (χ1v) is 16.2. The lowest BCUT2D eigenvalue weighted by Gasteiger charge is -2.10. The molecule has 1 atom stereocenters. The van der Waals surface area contributed by atoms with Gasteiger partial charge >= 0.3 is 0 Å². The van der Waals surface area contributed by atoms with Gasteiger partial charge in [0.25, 0.3) is 5.82 Å². The zero-order valence-corrected chi connectivity index (χ0v) is 24.7. The summed E-state index contributed by atoms with van der Waals surface area (Å²) in [5.74, 6) is 2.33. The van der Waals surface area contributed by atoms with Gasteiger partial charge in [0.2, 0.25) is 0 Å². The molecule has 1 unspecified atom stereocenters. The Morgan fingerprint density at radius 2 is 1.00 bits per heavy atom. The van der Waals surface area contributed by atoms with Gasteiger partial charge in [0.05, 0.1) is 6.04 Å². The van der Waals surface area contributed by atoms with Gasteiger partial charge in [-0.3, -0.25) is 0 Å². The van der Waals surface area contributed by atoms with Crippen molar-refractivity contribution in [2.45, 2.75) is 188 Å². The first-order valence-electron chi connectivity index (χ1n) is 16.2. The highest BCUT2D eigenvalue weighted by molar-refractivity contribution is 4.78. The maximum Gasteiger partial charge on any atom is 0.254 e. The minimum atomic E-state index is 0.635. The standard InChI is InChI=1S/C33H64N2/c1-5-6-7-8-9-10-11-15-18-21-24-27-32(4)35-30-29-34-33(35)28-25-22-19-16-13-12-14-17-20-23-26-31(2)3/h29-32H,5-28H2,1-4H3/p+1. The van der Waals surface area contributed by atoms with Crippen LogP contribution in [-0.2, 0) is 6.42 Å². The van der Waals surface area contributed by atoms with Gasteiger partial charge in [-0.25, -0.2) is 9.55 Å². The summed E-state index contributed by atoms with van der Waals surface area (Å²) in [5, 5.41) is 0. The number of hydrogen-bond donors (Lipinski definition) is 1. The van der Waals surface area contributed by atoms with E-state index in [0.717, 1.165) is 5.92 Å². The van der Waals surface area contributed by atoms with Crippen molar-refractivity contribution >= 4 is 0 Å². The molecule has 0 amide bonds. The minimum absolute atomic E-state index is 0.635. The van der Waals surface area contributed by atoms with Crippen LogP contribution in [0.15, 0.2) is 12.4 Å². The molecule has 0 fully saturated rings. The quantitative estimate of drug-likeness (QED) is 0.0985. The lowest BCUT2D eigenvalue weighted by atomic mass is 10.0. The number of imidazole rings is 1. The molecular weight excluding hydrogens is 424 g/mol. The van der Waals surface area contributed by atoms with Crippen molar-refractivity contribution in [2.24, 2.45) is 5.92 Å². The Balaban J connectivity index is 1.97. The summed E-state index contributed by atoms with van der Waals surface area (Å²) in [6.45, 7) is 9.40. The predicted octanol–water partition coefficient (Wildman–Crippen LogP) is 11.1. The van der Waals surface area contributed by atoms with E-state index >= 15 is 0 Å². The molecule has 0 radical (unpaired) electrons. The number of aromatic amines is 1. The number of rotatable bonds is 26. The molecule has 0 aliphatic rings. The Morgan fingerprint density at radius 1 is 0.571 bits per heavy atom. The van der Waals surface area contributed by atoms with Gasteiger partial charge in [0, 0.05) is 6.42 Å². The van der Waals surface area contributed by atoms with Crippen LogP contribution in [-0.4, -0.2) is 4.98 Å². The molecule has 0 aliphatic carbocycles. The van der Waals surface area contributed by atoms with Crippen LogP contribution in [0.4, 0.5) is 0 Å². The molecule has 2 heteroatoms. The van der Waals surface area contributed by atoms with Gasteiger partial charge in [-0.05, 0) is 32.1 Å². The number of aromatic nitrogens is 2. The van der Waals surface area contributed by atoms with Crippen LogP contribution in [0.3, 0.4) is 0 Å². The van der Waals surface area contributed by atoms with E-state index < -0.39 is 0 Å². The van der Waals surface area contributed by atoms with E-state index in [1.807, 2.05) is 0 Å². The lowest BCUT2D eigenvalue weighted by molar-refractivity contribution is -0.726. The number of nitrogens with one attached hydrogen (secondary N) is 1. The molecule has 1 heterocycles. The van der Waals surface area contributed by atoms with Crippen molar-refractivity contribution in [1.29, 1.82) is 0 Å². The molecule has 206 valence electrons. The summed E-state index contributed by atoms with van der Waals surface area (Å²) >= 11 is 0. The summed E-state index contributed by atoms with van der Waals surface area (Å²) in [7, 11) is 0. The molecule has 0 aromatic carbocycles.